The molecule has 2 aliphatic heterocycles. The third-order valence-electron chi connectivity index (χ3n) is 22.2. The summed E-state index contributed by atoms with van der Waals surface area (Å²) < 4.78 is 0. The van der Waals surface area contributed by atoms with Crippen LogP contribution in [-0.4, -0.2) is 11.1 Å². The summed E-state index contributed by atoms with van der Waals surface area (Å²) in [5, 5.41) is 10.1. The molecule has 0 bridgehead atoms. The molecule has 80 heavy (non-hydrogen) atoms. The maximum Gasteiger partial charge on any atom is 0.0568 e. The molecule has 2 heteroatoms. The highest BCUT2D eigenvalue weighted by atomic mass is 15.3. The van der Waals surface area contributed by atoms with E-state index in [2.05, 4.69) is 284 Å². The highest BCUT2D eigenvalue weighted by Crippen LogP contribution is 2.68. The average molecular weight is 1040 g/mol. The average Bonchev–Trinajstić information content (AvgIpc) is 2.68. The molecule has 11 aromatic carbocycles. The van der Waals surface area contributed by atoms with Crippen LogP contribution in [0.1, 0.15) is 105 Å². The molecule has 2 heterocycles. The first-order chi connectivity index (χ1) is 38.7. The number of hydrogen-bond donors (Lipinski definition) is 0. The zero-order chi connectivity index (χ0) is 54.6. The van der Waals surface area contributed by atoms with Crippen LogP contribution in [0.3, 0.4) is 0 Å². The lowest BCUT2D eigenvalue weighted by atomic mass is 9.51. The van der Waals surface area contributed by atoms with Crippen LogP contribution in [0.5, 0.6) is 0 Å². The molecule has 0 spiro atoms. The van der Waals surface area contributed by atoms with Crippen molar-refractivity contribution in [2.45, 2.75) is 116 Å². The molecule has 2 saturated carbocycles. The molecular weight excluding hydrogens is 965 g/mol. The van der Waals surface area contributed by atoms with Gasteiger partial charge in [0.05, 0.1) is 11.1 Å². The van der Waals surface area contributed by atoms with Gasteiger partial charge in [-0.25, -0.2) is 0 Å². The third-order valence-corrected chi connectivity index (χ3v) is 22.2. The van der Waals surface area contributed by atoms with Crippen molar-refractivity contribution < 1.29 is 0 Å². The van der Waals surface area contributed by atoms with Crippen molar-refractivity contribution in [2.75, 3.05) is 9.80 Å². The van der Waals surface area contributed by atoms with Crippen LogP contribution in [0.4, 0.5) is 22.7 Å². The summed E-state index contributed by atoms with van der Waals surface area (Å²) in [5.74, 6) is 0. The van der Waals surface area contributed by atoms with Gasteiger partial charge in [-0.2, -0.15) is 0 Å². The molecule has 2 nitrogen and oxygen atoms in total. The van der Waals surface area contributed by atoms with Crippen molar-refractivity contribution >= 4 is 65.8 Å². The summed E-state index contributed by atoms with van der Waals surface area (Å²) >= 11 is 0. The smallest absolute Gasteiger partial charge is 0.0568 e. The Kier molecular flexibility index (Phi) is 10.6. The van der Waals surface area contributed by atoms with Crippen molar-refractivity contribution in [3.63, 3.8) is 0 Å². The molecule has 0 radical (unpaired) electrons. The highest BCUT2D eigenvalue weighted by molar-refractivity contribution is 6.26. The maximum atomic E-state index is 2.72. The van der Waals surface area contributed by atoms with Crippen LogP contribution in [-0.2, 0) is 10.8 Å². The number of hydrogen-bond acceptors (Lipinski definition) is 2. The number of para-hydroxylation sites is 2. The van der Waals surface area contributed by atoms with E-state index in [-0.39, 0.29) is 32.7 Å². The minimum atomic E-state index is -0.121. The molecule has 4 aliphatic rings. The summed E-state index contributed by atoms with van der Waals surface area (Å²) in [6.07, 6.45) is 7.17. The van der Waals surface area contributed by atoms with Gasteiger partial charge >= 0.3 is 0 Å². The minimum Gasteiger partial charge on any atom is -0.334 e. The standard InChI is InChI=1S/C78H72N2/c1-73(2)43-21-45-75(5)67-49-55(37-41-69(67)79(77(73,75)7)57-27-11-9-12-28-57)53-35-39-63-65(47-53)71(61-33-19-25-51-23-15-17-31-59(51)61)64-40-36-54(48-66(64)72(63)62-34-20-26-52-24-16-18-32-60(52)62)56-38-42-70-68(50-56)76(6)46-22-44-74(3,4)78(76,8)80(70)58-29-13-10-14-30-58/h9-20,23-42,47-50H,21-22,43-46H2,1-8H3. The van der Waals surface area contributed by atoms with Crippen LogP contribution >= 0.6 is 0 Å². The molecule has 2 aliphatic carbocycles. The van der Waals surface area contributed by atoms with E-state index in [1.54, 1.807) is 0 Å². The molecule has 0 N–H and O–H groups in total. The van der Waals surface area contributed by atoms with Gasteiger partial charge in [0, 0.05) is 33.6 Å². The fourth-order valence-electron chi connectivity index (χ4n) is 17.3. The summed E-state index contributed by atoms with van der Waals surface area (Å²) in [6, 6.07) is 84.0. The maximum absolute atomic E-state index is 2.72. The topological polar surface area (TPSA) is 6.48 Å². The Labute approximate surface area is 473 Å². The Morgan fingerprint density at radius 3 is 1.09 bits per heavy atom. The van der Waals surface area contributed by atoms with Crippen LogP contribution < -0.4 is 9.80 Å². The van der Waals surface area contributed by atoms with Gasteiger partial charge in [-0.05, 0) is 210 Å². The van der Waals surface area contributed by atoms with Crippen LogP contribution in [0.2, 0.25) is 0 Å². The summed E-state index contributed by atoms with van der Waals surface area (Å²) in [7, 11) is 0. The van der Waals surface area contributed by atoms with E-state index in [9.17, 15) is 0 Å². The van der Waals surface area contributed by atoms with Gasteiger partial charge in [0.2, 0.25) is 0 Å². The first-order valence-corrected chi connectivity index (χ1v) is 29.7. The number of benzene rings is 11. The first kappa shape index (κ1) is 49.1. The predicted octanol–water partition coefficient (Wildman–Crippen LogP) is 21.7. The Morgan fingerprint density at radius 2 is 0.662 bits per heavy atom. The molecule has 0 aromatic heterocycles. The Balaban J connectivity index is 0.990. The fraction of sp³-hybridized carbons (Fsp3) is 0.256. The summed E-state index contributed by atoms with van der Waals surface area (Å²) in [6.45, 7) is 20.3. The lowest BCUT2D eigenvalue weighted by Crippen LogP contribution is -2.64. The number of anilines is 4. The first-order valence-electron chi connectivity index (χ1n) is 29.7. The van der Waals surface area contributed by atoms with Crippen molar-refractivity contribution in [1.82, 2.24) is 0 Å². The molecular formula is C78H72N2. The van der Waals surface area contributed by atoms with Crippen molar-refractivity contribution in [1.29, 1.82) is 0 Å². The molecule has 4 unspecified atom stereocenters. The van der Waals surface area contributed by atoms with E-state index in [0.29, 0.717) is 0 Å². The van der Waals surface area contributed by atoms with Crippen LogP contribution in [0, 0.1) is 10.8 Å². The van der Waals surface area contributed by atoms with E-state index in [0.717, 1.165) is 12.8 Å². The second kappa shape index (κ2) is 17.3. The van der Waals surface area contributed by atoms with Crippen LogP contribution in [0.25, 0.3) is 87.6 Å². The van der Waals surface area contributed by atoms with Crippen molar-refractivity contribution in [3.05, 3.63) is 230 Å². The molecule has 394 valence electrons. The normalized spacial score (nSPS) is 23.6. The quantitative estimate of drug-likeness (QED) is 0.153. The summed E-state index contributed by atoms with van der Waals surface area (Å²) in [4.78, 5) is 5.44. The van der Waals surface area contributed by atoms with Gasteiger partial charge in [-0.3, -0.25) is 0 Å². The molecule has 15 rings (SSSR count). The zero-order valence-corrected chi connectivity index (χ0v) is 47.9. The molecule has 11 aromatic rings. The van der Waals surface area contributed by atoms with E-state index in [1.165, 1.54) is 147 Å². The zero-order valence-electron chi connectivity index (χ0n) is 47.9. The predicted molar refractivity (Wildman–Crippen MR) is 342 cm³/mol. The van der Waals surface area contributed by atoms with E-state index < -0.39 is 0 Å². The molecule has 2 fully saturated rings. The van der Waals surface area contributed by atoms with Gasteiger partial charge in [0.25, 0.3) is 0 Å². The Bertz CT molecular complexity index is 4050. The van der Waals surface area contributed by atoms with E-state index >= 15 is 0 Å². The van der Waals surface area contributed by atoms with Gasteiger partial charge in [-0.15, -0.1) is 0 Å². The molecule has 4 atom stereocenters. The summed E-state index contributed by atoms with van der Waals surface area (Å²) in [5.41, 5.74) is 18.1. The third kappa shape index (κ3) is 6.54. The van der Waals surface area contributed by atoms with Crippen molar-refractivity contribution in [3.8, 4) is 44.5 Å². The molecule has 0 amide bonds. The monoisotopic (exact) mass is 1040 g/mol. The van der Waals surface area contributed by atoms with Crippen LogP contribution in [0.15, 0.2) is 218 Å². The second-order valence-corrected chi connectivity index (χ2v) is 26.4. The van der Waals surface area contributed by atoms with Gasteiger partial charge in [0.15, 0.2) is 0 Å². The number of rotatable bonds is 6. The molecule has 0 saturated heterocycles. The van der Waals surface area contributed by atoms with E-state index in [4.69, 9.17) is 0 Å². The number of nitrogens with zero attached hydrogens (tertiary/aromatic N) is 2. The van der Waals surface area contributed by atoms with Gasteiger partial charge in [-0.1, -0.05) is 212 Å². The van der Waals surface area contributed by atoms with Crippen molar-refractivity contribution in [2.24, 2.45) is 10.8 Å². The lowest BCUT2D eigenvalue weighted by Gasteiger charge is -2.59. The largest absolute Gasteiger partial charge is 0.334 e. The van der Waals surface area contributed by atoms with Gasteiger partial charge < -0.3 is 9.80 Å². The van der Waals surface area contributed by atoms with Gasteiger partial charge in [0.1, 0.15) is 0 Å². The second-order valence-electron chi connectivity index (χ2n) is 26.4. The fourth-order valence-corrected chi connectivity index (χ4v) is 17.3. The minimum absolute atomic E-state index is 0.0547. The SMILES string of the molecule is CC1(C)CCCC2(C)c3cc(-c4ccc5c(-c6cccc7ccccc67)c6cc(-c7ccc8c(c7)C7(C)CCCC(C)(C)C7(C)N8c7ccccc7)ccc6c(-c6cccc7ccccc67)c5c4)ccc3N(c3ccccc3)C12C. The number of fused-ring (bicyclic) bond motifs is 10. The Morgan fingerprint density at radius 1 is 0.300 bits per heavy atom. The Hall–Kier alpha value is -7.94. The highest BCUT2D eigenvalue weighted by Gasteiger charge is 2.66. The van der Waals surface area contributed by atoms with E-state index in [1.807, 2.05) is 0 Å². The lowest BCUT2D eigenvalue weighted by molar-refractivity contribution is 0.0484.